The van der Waals surface area contributed by atoms with Crippen LogP contribution in [-0.2, 0) is 14.3 Å². The second-order valence-corrected chi connectivity index (χ2v) is 3.45. The topological polar surface area (TPSA) is 61.6 Å². The molecule has 0 aromatic rings. The van der Waals surface area contributed by atoms with E-state index >= 15 is 0 Å². The van der Waals surface area contributed by atoms with Crippen molar-refractivity contribution >= 4 is 5.97 Å². The van der Waals surface area contributed by atoms with Gasteiger partial charge in [-0.2, -0.15) is 0 Å². The maximum atomic E-state index is 11.4. The number of hydrogen-bond acceptors (Lipinski definition) is 4. The Morgan fingerprint density at radius 2 is 2.46 bits per heavy atom. The minimum absolute atomic E-state index is 0.102. The van der Waals surface area contributed by atoms with Crippen molar-refractivity contribution in [1.82, 2.24) is 0 Å². The molecule has 1 fully saturated rings. The molecule has 0 amide bonds. The fourth-order valence-electron chi connectivity index (χ4n) is 1.73. The standard InChI is InChI=1S/C9H17NO3/c1-3-9(10,8(11)12-2)7-4-5-13-6-7/h7H,3-6,10H2,1-2H3. The van der Waals surface area contributed by atoms with Crippen molar-refractivity contribution in [2.75, 3.05) is 20.3 Å². The first kappa shape index (κ1) is 10.5. The van der Waals surface area contributed by atoms with Crippen molar-refractivity contribution in [3.63, 3.8) is 0 Å². The summed E-state index contributed by atoms with van der Waals surface area (Å²) in [5.74, 6) is -0.226. The van der Waals surface area contributed by atoms with E-state index in [9.17, 15) is 4.79 Å². The quantitative estimate of drug-likeness (QED) is 0.646. The summed E-state index contributed by atoms with van der Waals surface area (Å²) in [5.41, 5.74) is 5.15. The van der Waals surface area contributed by atoms with Crippen LogP contribution in [0.25, 0.3) is 0 Å². The molecule has 0 spiro atoms. The monoisotopic (exact) mass is 187 g/mol. The molecule has 2 unspecified atom stereocenters. The molecule has 0 aromatic heterocycles. The summed E-state index contributed by atoms with van der Waals surface area (Å²) in [6.45, 7) is 3.16. The number of rotatable bonds is 3. The smallest absolute Gasteiger partial charge is 0.326 e. The van der Waals surface area contributed by atoms with E-state index in [-0.39, 0.29) is 11.9 Å². The van der Waals surface area contributed by atoms with Crippen molar-refractivity contribution in [1.29, 1.82) is 0 Å². The van der Waals surface area contributed by atoms with Crippen LogP contribution in [0.2, 0.25) is 0 Å². The van der Waals surface area contributed by atoms with Gasteiger partial charge in [-0.05, 0) is 12.8 Å². The normalized spacial score (nSPS) is 26.8. The Morgan fingerprint density at radius 3 is 2.85 bits per heavy atom. The molecule has 1 rings (SSSR count). The van der Waals surface area contributed by atoms with Gasteiger partial charge in [-0.25, -0.2) is 0 Å². The van der Waals surface area contributed by atoms with Crippen molar-refractivity contribution in [3.8, 4) is 0 Å². The lowest BCUT2D eigenvalue weighted by atomic mass is 9.82. The Morgan fingerprint density at radius 1 is 1.77 bits per heavy atom. The molecule has 4 nitrogen and oxygen atoms in total. The summed E-state index contributed by atoms with van der Waals surface area (Å²) in [4.78, 5) is 11.4. The van der Waals surface area contributed by atoms with Crippen molar-refractivity contribution in [3.05, 3.63) is 0 Å². The average molecular weight is 187 g/mol. The van der Waals surface area contributed by atoms with E-state index < -0.39 is 5.54 Å². The SMILES string of the molecule is CCC(N)(C(=O)OC)C1CCOC1. The first-order valence-electron chi connectivity index (χ1n) is 4.60. The van der Waals surface area contributed by atoms with Gasteiger partial charge in [-0.1, -0.05) is 6.92 Å². The zero-order chi connectivity index (χ0) is 9.90. The highest BCUT2D eigenvalue weighted by Crippen LogP contribution is 2.27. The number of hydrogen-bond donors (Lipinski definition) is 1. The molecule has 0 radical (unpaired) electrons. The number of ether oxygens (including phenoxy) is 2. The van der Waals surface area contributed by atoms with Gasteiger partial charge in [-0.3, -0.25) is 4.79 Å². The van der Waals surface area contributed by atoms with Crippen molar-refractivity contribution in [2.24, 2.45) is 11.7 Å². The maximum absolute atomic E-state index is 11.4. The fraction of sp³-hybridized carbons (Fsp3) is 0.889. The van der Waals surface area contributed by atoms with Crippen LogP contribution in [0.1, 0.15) is 19.8 Å². The summed E-state index contributed by atoms with van der Waals surface area (Å²) >= 11 is 0. The van der Waals surface area contributed by atoms with E-state index in [1.807, 2.05) is 6.92 Å². The lowest BCUT2D eigenvalue weighted by Crippen LogP contribution is -2.54. The molecule has 4 heteroatoms. The molecule has 0 aliphatic carbocycles. The fourth-order valence-corrected chi connectivity index (χ4v) is 1.73. The summed E-state index contributed by atoms with van der Waals surface area (Å²) in [5, 5.41) is 0. The largest absolute Gasteiger partial charge is 0.468 e. The van der Waals surface area contributed by atoms with Gasteiger partial charge in [0.15, 0.2) is 0 Å². The Labute approximate surface area is 78.4 Å². The van der Waals surface area contributed by atoms with E-state index in [1.54, 1.807) is 0 Å². The van der Waals surface area contributed by atoms with Crippen molar-refractivity contribution < 1.29 is 14.3 Å². The van der Waals surface area contributed by atoms with Gasteiger partial charge in [0.05, 0.1) is 13.7 Å². The number of esters is 1. The van der Waals surface area contributed by atoms with Crippen molar-refractivity contribution in [2.45, 2.75) is 25.3 Å². The van der Waals surface area contributed by atoms with Gasteiger partial charge in [-0.15, -0.1) is 0 Å². The minimum Gasteiger partial charge on any atom is -0.468 e. The van der Waals surface area contributed by atoms with Crippen LogP contribution in [0, 0.1) is 5.92 Å². The highest BCUT2D eigenvalue weighted by atomic mass is 16.5. The Balaban J connectivity index is 2.72. The number of methoxy groups -OCH3 is 1. The Bertz CT molecular complexity index is 189. The summed E-state index contributed by atoms with van der Waals surface area (Å²) in [6, 6.07) is 0. The third kappa shape index (κ3) is 1.84. The van der Waals surface area contributed by atoms with E-state index in [4.69, 9.17) is 15.2 Å². The van der Waals surface area contributed by atoms with Crippen LogP contribution in [0.4, 0.5) is 0 Å². The molecule has 1 heterocycles. The molecule has 13 heavy (non-hydrogen) atoms. The van der Waals surface area contributed by atoms with Gasteiger partial charge >= 0.3 is 5.97 Å². The maximum Gasteiger partial charge on any atom is 0.326 e. The number of nitrogens with two attached hydrogens (primary N) is 1. The molecular weight excluding hydrogens is 170 g/mol. The second-order valence-electron chi connectivity index (χ2n) is 3.45. The molecule has 0 saturated carbocycles. The third-order valence-electron chi connectivity index (χ3n) is 2.81. The van der Waals surface area contributed by atoms with E-state index in [0.717, 1.165) is 6.42 Å². The third-order valence-corrected chi connectivity index (χ3v) is 2.81. The highest BCUT2D eigenvalue weighted by Gasteiger charge is 2.43. The lowest BCUT2D eigenvalue weighted by Gasteiger charge is -2.30. The lowest BCUT2D eigenvalue weighted by molar-refractivity contribution is -0.149. The zero-order valence-electron chi connectivity index (χ0n) is 8.21. The first-order chi connectivity index (χ1) is 6.15. The predicted molar refractivity (Wildman–Crippen MR) is 48.2 cm³/mol. The minimum atomic E-state index is -0.856. The summed E-state index contributed by atoms with van der Waals surface area (Å²) in [7, 11) is 1.37. The second kappa shape index (κ2) is 4.07. The predicted octanol–water partition coefficient (Wildman–Crippen LogP) is 0.303. The van der Waals surface area contributed by atoms with Gasteiger partial charge in [0.1, 0.15) is 5.54 Å². The molecule has 1 aliphatic heterocycles. The summed E-state index contributed by atoms with van der Waals surface area (Å²) in [6.07, 6.45) is 1.44. The zero-order valence-corrected chi connectivity index (χ0v) is 8.21. The molecular formula is C9H17NO3. The molecule has 2 N–H and O–H groups in total. The van der Waals surface area contributed by atoms with Crippen LogP contribution < -0.4 is 5.73 Å². The Hall–Kier alpha value is -0.610. The molecule has 1 saturated heterocycles. The Kier molecular flexibility index (Phi) is 3.27. The van der Waals surface area contributed by atoms with Gasteiger partial charge in [0, 0.05) is 12.5 Å². The van der Waals surface area contributed by atoms with Gasteiger partial charge in [0.2, 0.25) is 0 Å². The van der Waals surface area contributed by atoms with Crippen LogP contribution >= 0.6 is 0 Å². The van der Waals surface area contributed by atoms with Gasteiger partial charge < -0.3 is 15.2 Å². The molecule has 1 aliphatic rings. The number of carbonyl (C=O) groups excluding carboxylic acids is 1. The molecule has 2 atom stereocenters. The molecule has 0 aromatic carbocycles. The first-order valence-corrected chi connectivity index (χ1v) is 4.60. The van der Waals surface area contributed by atoms with Crippen LogP contribution in [-0.4, -0.2) is 31.8 Å². The molecule has 0 bridgehead atoms. The molecule has 76 valence electrons. The number of carbonyl (C=O) groups is 1. The van der Waals surface area contributed by atoms with E-state index in [2.05, 4.69) is 0 Å². The van der Waals surface area contributed by atoms with E-state index in [1.165, 1.54) is 7.11 Å². The van der Waals surface area contributed by atoms with Gasteiger partial charge in [0.25, 0.3) is 0 Å². The van der Waals surface area contributed by atoms with Crippen LogP contribution in [0.5, 0.6) is 0 Å². The summed E-state index contributed by atoms with van der Waals surface area (Å²) < 4.78 is 9.91. The highest BCUT2D eigenvalue weighted by molar-refractivity contribution is 5.80. The average Bonchev–Trinajstić information content (AvgIpc) is 2.68. The van der Waals surface area contributed by atoms with Crippen LogP contribution in [0.15, 0.2) is 0 Å². The van der Waals surface area contributed by atoms with Crippen LogP contribution in [0.3, 0.4) is 0 Å². The van der Waals surface area contributed by atoms with E-state index in [0.29, 0.717) is 19.6 Å².